The van der Waals surface area contributed by atoms with Crippen LogP contribution < -0.4 is 9.64 Å². The Balaban J connectivity index is 1.55. The molecule has 3 aromatic rings. The van der Waals surface area contributed by atoms with E-state index in [1.807, 2.05) is 55.6 Å². The van der Waals surface area contributed by atoms with Gasteiger partial charge in [-0.3, -0.25) is 9.69 Å². The summed E-state index contributed by atoms with van der Waals surface area (Å²) in [6.07, 6.45) is 4.88. The van der Waals surface area contributed by atoms with Crippen molar-refractivity contribution in [2.45, 2.75) is 77.5 Å². The first-order valence-corrected chi connectivity index (χ1v) is 15.4. The van der Waals surface area contributed by atoms with E-state index in [0.717, 1.165) is 79.7 Å². The lowest BCUT2D eigenvalue weighted by atomic mass is 9.86. The lowest BCUT2D eigenvalue weighted by Crippen LogP contribution is -2.36. The van der Waals surface area contributed by atoms with Gasteiger partial charge in [-0.05, 0) is 93.2 Å². The van der Waals surface area contributed by atoms with Crippen molar-refractivity contribution in [2.75, 3.05) is 25.0 Å². The van der Waals surface area contributed by atoms with Crippen LogP contribution in [0.1, 0.15) is 80.9 Å². The summed E-state index contributed by atoms with van der Waals surface area (Å²) in [4.78, 5) is 16.3. The van der Waals surface area contributed by atoms with E-state index in [9.17, 15) is 9.90 Å². The average Bonchev–Trinajstić information content (AvgIpc) is 2.97. The normalized spacial score (nSPS) is 15.2. The standard InChI is InChI=1S/C34H42Cl2N2O3/c1-23(2)41-33-28(26-18-20-38(21-19-26)34(40)27-11-6-5-7-12-27)15-17-32(37(4)24(3)39)29(33)13-9-8-10-25-14-16-30(35)31(36)22-25/h5-7,11-12,14-17,22-23,26,34,40H,8-10,13,18-21H2,1-4H3. The molecule has 4 rings (SSSR count). The molecule has 1 aliphatic heterocycles. The number of amides is 1. The molecule has 0 saturated carbocycles. The van der Waals surface area contributed by atoms with Gasteiger partial charge < -0.3 is 14.7 Å². The maximum atomic E-state index is 12.4. The summed E-state index contributed by atoms with van der Waals surface area (Å²) < 4.78 is 6.56. The number of rotatable bonds is 11. The highest BCUT2D eigenvalue weighted by molar-refractivity contribution is 6.42. The number of likely N-dealkylation sites (tertiary alicyclic amines) is 1. The number of hydrogen-bond donors (Lipinski definition) is 1. The quantitative estimate of drug-likeness (QED) is 0.227. The number of nitrogens with zero attached hydrogens (tertiary/aromatic N) is 2. The summed E-state index contributed by atoms with van der Waals surface area (Å²) in [7, 11) is 1.83. The number of aryl methyl sites for hydroxylation is 1. The van der Waals surface area contributed by atoms with Crippen molar-refractivity contribution in [1.29, 1.82) is 0 Å². The first-order valence-electron chi connectivity index (χ1n) is 14.6. The van der Waals surface area contributed by atoms with E-state index in [0.29, 0.717) is 16.0 Å². The first kappa shape index (κ1) is 31.4. The molecule has 1 aliphatic rings. The Morgan fingerprint density at radius 1 is 1.00 bits per heavy atom. The smallest absolute Gasteiger partial charge is 0.223 e. The number of hydrogen-bond acceptors (Lipinski definition) is 4. The highest BCUT2D eigenvalue weighted by Gasteiger charge is 2.29. The van der Waals surface area contributed by atoms with Crippen molar-refractivity contribution < 1.29 is 14.6 Å². The molecule has 0 bridgehead atoms. The van der Waals surface area contributed by atoms with Crippen molar-refractivity contribution in [3.05, 3.63) is 93.0 Å². The zero-order chi connectivity index (χ0) is 29.5. The molecule has 1 unspecified atom stereocenters. The van der Waals surface area contributed by atoms with Gasteiger partial charge in [-0.1, -0.05) is 65.7 Å². The maximum absolute atomic E-state index is 12.4. The van der Waals surface area contributed by atoms with E-state index in [-0.39, 0.29) is 12.0 Å². The fourth-order valence-corrected chi connectivity index (χ4v) is 6.00. The number of ether oxygens (including phenoxy) is 1. The van der Waals surface area contributed by atoms with Crippen LogP contribution in [0.2, 0.25) is 10.0 Å². The van der Waals surface area contributed by atoms with Crippen LogP contribution in [0.4, 0.5) is 5.69 Å². The Bertz CT molecular complexity index is 1310. The summed E-state index contributed by atoms with van der Waals surface area (Å²) in [6.45, 7) is 7.31. The number of aliphatic hydroxyl groups excluding tert-OH is 1. The van der Waals surface area contributed by atoms with Gasteiger partial charge in [0.25, 0.3) is 0 Å². The van der Waals surface area contributed by atoms with Crippen molar-refractivity contribution in [3.8, 4) is 5.75 Å². The first-order chi connectivity index (χ1) is 19.7. The molecule has 5 nitrogen and oxygen atoms in total. The van der Waals surface area contributed by atoms with Gasteiger partial charge in [0.15, 0.2) is 0 Å². The van der Waals surface area contributed by atoms with Crippen LogP contribution >= 0.6 is 23.2 Å². The molecular weight excluding hydrogens is 555 g/mol. The number of piperidine rings is 1. The minimum atomic E-state index is -0.596. The molecule has 7 heteroatoms. The van der Waals surface area contributed by atoms with Gasteiger partial charge in [0.2, 0.25) is 5.91 Å². The summed E-state index contributed by atoms with van der Waals surface area (Å²) in [6, 6.07) is 19.9. The Kier molecular flexibility index (Phi) is 11.1. The molecule has 0 aliphatic carbocycles. The van der Waals surface area contributed by atoms with E-state index in [1.54, 1.807) is 11.8 Å². The molecule has 1 amide bonds. The Morgan fingerprint density at radius 3 is 2.32 bits per heavy atom. The SMILES string of the molecule is CC(=O)N(C)c1ccc(C2CCN(C(O)c3ccccc3)CC2)c(OC(C)C)c1CCCCc1ccc(Cl)c(Cl)c1. The second-order valence-corrected chi connectivity index (χ2v) is 12.1. The third kappa shape index (κ3) is 8.04. The number of anilines is 1. The molecule has 3 aromatic carbocycles. The van der Waals surface area contributed by atoms with E-state index < -0.39 is 6.23 Å². The van der Waals surface area contributed by atoms with Gasteiger partial charge in [0.1, 0.15) is 12.0 Å². The molecule has 1 saturated heterocycles. The van der Waals surface area contributed by atoms with Gasteiger partial charge in [-0.25, -0.2) is 0 Å². The number of carbonyl (C=O) groups is 1. The molecular formula is C34H42Cl2N2O3. The minimum Gasteiger partial charge on any atom is -0.490 e. The fraction of sp³-hybridized carbons (Fsp3) is 0.441. The number of aliphatic hydroxyl groups is 1. The second-order valence-electron chi connectivity index (χ2n) is 11.3. The van der Waals surface area contributed by atoms with Crippen LogP contribution in [-0.4, -0.2) is 42.2 Å². The summed E-state index contributed by atoms with van der Waals surface area (Å²) in [5.41, 5.74) is 5.29. The Labute approximate surface area is 255 Å². The Hall–Kier alpha value is -2.57. The summed E-state index contributed by atoms with van der Waals surface area (Å²) in [5, 5.41) is 12.1. The topological polar surface area (TPSA) is 53.0 Å². The summed E-state index contributed by atoms with van der Waals surface area (Å²) in [5.74, 6) is 1.23. The summed E-state index contributed by atoms with van der Waals surface area (Å²) >= 11 is 12.3. The molecule has 0 aromatic heterocycles. The van der Waals surface area contributed by atoms with Crippen molar-refractivity contribution >= 4 is 34.8 Å². The van der Waals surface area contributed by atoms with Crippen LogP contribution in [-0.2, 0) is 17.6 Å². The monoisotopic (exact) mass is 596 g/mol. The molecule has 1 N–H and O–H groups in total. The lowest BCUT2D eigenvalue weighted by molar-refractivity contribution is -0.116. The third-order valence-electron chi connectivity index (χ3n) is 7.99. The van der Waals surface area contributed by atoms with Crippen LogP contribution in [0, 0.1) is 0 Å². The predicted octanol–water partition coefficient (Wildman–Crippen LogP) is 8.20. The van der Waals surface area contributed by atoms with Gasteiger partial charge >= 0.3 is 0 Å². The maximum Gasteiger partial charge on any atom is 0.223 e. The lowest BCUT2D eigenvalue weighted by Gasteiger charge is -2.36. The van der Waals surface area contributed by atoms with Crippen molar-refractivity contribution in [3.63, 3.8) is 0 Å². The van der Waals surface area contributed by atoms with Crippen LogP contribution in [0.25, 0.3) is 0 Å². The number of benzene rings is 3. The number of halogens is 2. The highest BCUT2D eigenvalue weighted by atomic mass is 35.5. The molecule has 220 valence electrons. The fourth-order valence-electron chi connectivity index (χ4n) is 5.67. The van der Waals surface area contributed by atoms with E-state index in [2.05, 4.69) is 30.9 Å². The second kappa shape index (κ2) is 14.6. The number of unbranched alkanes of at least 4 members (excludes halogenated alkanes) is 1. The molecule has 41 heavy (non-hydrogen) atoms. The minimum absolute atomic E-state index is 0.00147. The Morgan fingerprint density at radius 2 is 1.68 bits per heavy atom. The van der Waals surface area contributed by atoms with Crippen molar-refractivity contribution in [2.24, 2.45) is 0 Å². The average molecular weight is 598 g/mol. The van der Waals surface area contributed by atoms with Crippen molar-refractivity contribution in [1.82, 2.24) is 4.90 Å². The van der Waals surface area contributed by atoms with Gasteiger partial charge in [-0.2, -0.15) is 0 Å². The molecule has 0 radical (unpaired) electrons. The zero-order valence-corrected chi connectivity index (χ0v) is 26.1. The molecule has 0 spiro atoms. The van der Waals surface area contributed by atoms with Crippen LogP contribution in [0.15, 0.2) is 60.7 Å². The van der Waals surface area contributed by atoms with Crippen LogP contribution in [0.3, 0.4) is 0 Å². The molecule has 1 fully saturated rings. The van der Waals surface area contributed by atoms with Crippen LogP contribution in [0.5, 0.6) is 5.75 Å². The van der Waals surface area contributed by atoms with E-state index in [4.69, 9.17) is 27.9 Å². The predicted molar refractivity (Wildman–Crippen MR) is 169 cm³/mol. The molecule has 1 heterocycles. The van der Waals surface area contributed by atoms with E-state index >= 15 is 0 Å². The van der Waals surface area contributed by atoms with Gasteiger partial charge in [-0.15, -0.1) is 0 Å². The highest BCUT2D eigenvalue weighted by Crippen LogP contribution is 2.42. The number of carbonyl (C=O) groups excluding carboxylic acids is 1. The molecule has 1 atom stereocenters. The van der Waals surface area contributed by atoms with Gasteiger partial charge in [0.05, 0.1) is 21.8 Å². The van der Waals surface area contributed by atoms with Gasteiger partial charge in [0, 0.05) is 32.6 Å². The van der Waals surface area contributed by atoms with E-state index in [1.165, 1.54) is 5.56 Å². The zero-order valence-electron chi connectivity index (χ0n) is 24.6. The largest absolute Gasteiger partial charge is 0.490 e. The third-order valence-corrected chi connectivity index (χ3v) is 8.73.